The predicted octanol–water partition coefficient (Wildman–Crippen LogP) is 4.69. The number of methoxy groups -OCH3 is 1. The van der Waals surface area contributed by atoms with Gasteiger partial charge in [-0.1, -0.05) is 0 Å². The van der Waals surface area contributed by atoms with Crippen molar-refractivity contribution in [2.45, 2.75) is 38.5 Å². The first-order valence-electron chi connectivity index (χ1n) is 14.4. The van der Waals surface area contributed by atoms with E-state index in [9.17, 15) is 19.2 Å². The smallest absolute Gasteiger partial charge is 0.273 e. The van der Waals surface area contributed by atoms with Crippen LogP contribution in [0.2, 0.25) is 0 Å². The number of thiazole rings is 1. The summed E-state index contributed by atoms with van der Waals surface area (Å²) in [7, 11) is 1.58. The largest absolute Gasteiger partial charge is 0.497 e. The van der Waals surface area contributed by atoms with Crippen LogP contribution >= 0.6 is 11.3 Å². The zero-order valence-electron chi connectivity index (χ0n) is 24.1. The number of carbonyl (C=O) groups is 4. The molecule has 0 saturated carbocycles. The molecule has 42 heavy (non-hydrogen) atoms. The Morgan fingerprint density at radius 2 is 1.48 bits per heavy atom. The van der Waals surface area contributed by atoms with Crippen LogP contribution in [0, 0.1) is 0 Å². The molecule has 1 aromatic heterocycles. The fraction of sp³-hybridized carbons (Fsp3) is 0.406. The van der Waals surface area contributed by atoms with Crippen molar-refractivity contribution in [2.75, 3.05) is 51.3 Å². The maximum Gasteiger partial charge on any atom is 0.273 e. The van der Waals surface area contributed by atoms with Crippen LogP contribution in [0.25, 0.3) is 0 Å². The Morgan fingerprint density at radius 3 is 2.10 bits per heavy atom. The van der Waals surface area contributed by atoms with Gasteiger partial charge in [0.25, 0.3) is 5.91 Å². The lowest BCUT2D eigenvalue weighted by Gasteiger charge is -2.36. The highest BCUT2D eigenvalue weighted by atomic mass is 32.1. The molecule has 0 bridgehead atoms. The van der Waals surface area contributed by atoms with E-state index in [-0.39, 0.29) is 42.1 Å². The lowest BCUT2D eigenvalue weighted by Crippen LogP contribution is -2.48. The van der Waals surface area contributed by atoms with Crippen molar-refractivity contribution in [3.8, 4) is 5.75 Å². The third-order valence-corrected chi connectivity index (χ3v) is 9.13. The highest BCUT2D eigenvalue weighted by Gasteiger charge is 2.28. The molecule has 9 nitrogen and oxygen atoms in total. The molecule has 0 unspecified atom stereocenters. The van der Waals surface area contributed by atoms with Crippen molar-refractivity contribution in [3.05, 3.63) is 75.7 Å². The van der Waals surface area contributed by atoms with E-state index in [0.29, 0.717) is 48.7 Å². The Morgan fingerprint density at radius 1 is 0.833 bits per heavy atom. The number of rotatable bonds is 9. The van der Waals surface area contributed by atoms with Gasteiger partial charge in [0.05, 0.1) is 12.1 Å². The molecule has 0 radical (unpaired) electrons. The molecule has 5 rings (SSSR count). The van der Waals surface area contributed by atoms with Crippen molar-refractivity contribution < 1.29 is 23.9 Å². The highest BCUT2D eigenvalue weighted by molar-refractivity contribution is 7.09. The van der Waals surface area contributed by atoms with E-state index in [1.54, 1.807) is 38.3 Å². The minimum absolute atomic E-state index is 0.000690. The number of aromatic nitrogens is 1. The van der Waals surface area contributed by atoms with Crippen LogP contribution in [0.4, 0.5) is 5.69 Å². The molecule has 3 heterocycles. The minimum Gasteiger partial charge on any atom is -0.497 e. The van der Waals surface area contributed by atoms with Gasteiger partial charge in [0, 0.05) is 80.2 Å². The first-order valence-corrected chi connectivity index (χ1v) is 15.3. The number of Topliss-reactive ketones (excluding diaryl/α,β-unsaturated/α-hetero) is 2. The summed E-state index contributed by atoms with van der Waals surface area (Å²) >= 11 is 1.52. The molecule has 2 saturated heterocycles. The number of benzene rings is 2. The van der Waals surface area contributed by atoms with E-state index in [2.05, 4.69) is 4.90 Å². The molecule has 220 valence electrons. The van der Waals surface area contributed by atoms with E-state index in [4.69, 9.17) is 9.72 Å². The van der Waals surface area contributed by atoms with Gasteiger partial charge in [-0.05, 0) is 68.3 Å². The number of anilines is 1. The fourth-order valence-corrected chi connectivity index (χ4v) is 6.45. The summed E-state index contributed by atoms with van der Waals surface area (Å²) in [4.78, 5) is 60.6. The third kappa shape index (κ3) is 6.87. The molecule has 2 aromatic carbocycles. The number of hydrogen-bond acceptors (Lipinski definition) is 8. The third-order valence-electron chi connectivity index (χ3n) is 8.12. The fourth-order valence-electron chi connectivity index (χ4n) is 5.49. The van der Waals surface area contributed by atoms with Crippen LogP contribution in [-0.4, -0.2) is 84.5 Å². The van der Waals surface area contributed by atoms with Gasteiger partial charge in [0.2, 0.25) is 5.91 Å². The van der Waals surface area contributed by atoms with Crippen LogP contribution in [-0.2, 0) is 4.79 Å². The molecule has 3 aromatic rings. The second-order valence-electron chi connectivity index (χ2n) is 10.8. The summed E-state index contributed by atoms with van der Waals surface area (Å²) in [5.74, 6) is 0.864. The van der Waals surface area contributed by atoms with Crippen LogP contribution < -0.4 is 9.64 Å². The summed E-state index contributed by atoms with van der Waals surface area (Å²) in [6.07, 6.45) is 1.96. The maximum atomic E-state index is 13.2. The number of amides is 2. The van der Waals surface area contributed by atoms with Crippen molar-refractivity contribution in [2.24, 2.45) is 0 Å². The first kappa shape index (κ1) is 29.4. The molecule has 2 aliphatic heterocycles. The first-order chi connectivity index (χ1) is 20.3. The van der Waals surface area contributed by atoms with Crippen LogP contribution in [0.3, 0.4) is 0 Å². The SMILES string of the molecule is COc1ccc(C(=O)CCC(=O)N2CCC(c3nc(C(=O)N4CCN(c5ccc(C(C)=O)cc5)CC4)cs3)CC2)cc1. The average Bonchev–Trinajstić information content (AvgIpc) is 3.54. The summed E-state index contributed by atoms with van der Waals surface area (Å²) < 4.78 is 5.13. The van der Waals surface area contributed by atoms with E-state index in [1.165, 1.54) is 11.3 Å². The quantitative estimate of drug-likeness (QED) is 0.335. The molecule has 2 amide bonds. The monoisotopic (exact) mass is 588 g/mol. The van der Waals surface area contributed by atoms with Crippen molar-refractivity contribution in [3.63, 3.8) is 0 Å². The summed E-state index contributed by atoms with van der Waals surface area (Å²) in [5, 5.41) is 2.80. The Hall–Kier alpha value is -4.05. The van der Waals surface area contributed by atoms with Gasteiger partial charge in [0.1, 0.15) is 11.4 Å². The Bertz CT molecular complexity index is 1420. The van der Waals surface area contributed by atoms with Crippen molar-refractivity contribution in [1.29, 1.82) is 0 Å². The van der Waals surface area contributed by atoms with Crippen molar-refractivity contribution in [1.82, 2.24) is 14.8 Å². The molecule has 0 N–H and O–H groups in total. The number of nitrogens with zero attached hydrogens (tertiary/aromatic N) is 4. The molecular weight excluding hydrogens is 552 g/mol. The van der Waals surface area contributed by atoms with Gasteiger partial charge in [-0.2, -0.15) is 0 Å². The maximum absolute atomic E-state index is 13.2. The molecule has 0 spiro atoms. The van der Waals surface area contributed by atoms with Crippen molar-refractivity contribution >= 4 is 40.4 Å². The highest BCUT2D eigenvalue weighted by Crippen LogP contribution is 2.31. The number of piperidine rings is 1. The number of ketones is 2. The topological polar surface area (TPSA) is 100 Å². The summed E-state index contributed by atoms with van der Waals surface area (Å²) in [5.41, 5.74) is 2.82. The standard InChI is InChI=1S/C32H36N4O5S/c1-22(37)23-3-7-26(8-4-23)34-17-19-36(20-18-34)32(40)28-21-42-31(33-28)25-13-15-35(16-14-25)30(39)12-11-29(38)24-5-9-27(41-2)10-6-24/h3-10,21,25H,11-20H2,1-2H3. The number of carbonyl (C=O) groups excluding carboxylic acids is 4. The van der Waals surface area contributed by atoms with Gasteiger partial charge in [0.15, 0.2) is 11.6 Å². The van der Waals surface area contributed by atoms with Crippen LogP contribution in [0.1, 0.15) is 74.7 Å². The number of hydrogen-bond donors (Lipinski definition) is 0. The average molecular weight is 589 g/mol. The van der Waals surface area contributed by atoms with E-state index in [1.807, 2.05) is 39.4 Å². The minimum atomic E-state index is -0.0504. The van der Waals surface area contributed by atoms with Crippen LogP contribution in [0.5, 0.6) is 5.75 Å². The van der Waals surface area contributed by atoms with E-state index >= 15 is 0 Å². The van der Waals surface area contributed by atoms with Gasteiger partial charge in [-0.15, -0.1) is 11.3 Å². The molecule has 2 aliphatic rings. The lowest BCUT2D eigenvalue weighted by molar-refractivity contribution is -0.132. The second-order valence-corrected chi connectivity index (χ2v) is 11.6. The number of ether oxygens (including phenoxy) is 1. The van der Waals surface area contributed by atoms with E-state index in [0.717, 1.165) is 36.6 Å². The summed E-state index contributed by atoms with van der Waals surface area (Å²) in [6, 6.07) is 14.6. The van der Waals surface area contributed by atoms with Gasteiger partial charge in [-0.25, -0.2) is 4.98 Å². The van der Waals surface area contributed by atoms with Gasteiger partial charge in [-0.3, -0.25) is 19.2 Å². The zero-order chi connectivity index (χ0) is 29.6. The number of likely N-dealkylation sites (tertiary alicyclic amines) is 1. The molecule has 0 atom stereocenters. The number of piperazine rings is 1. The van der Waals surface area contributed by atoms with E-state index < -0.39 is 0 Å². The molecular formula is C32H36N4O5S. The normalized spacial score (nSPS) is 15.9. The summed E-state index contributed by atoms with van der Waals surface area (Å²) in [6.45, 7) is 5.48. The Labute approximate surface area is 250 Å². The second kappa shape index (κ2) is 13.3. The Balaban J connectivity index is 1.06. The molecule has 10 heteroatoms. The molecule has 2 fully saturated rings. The van der Waals surface area contributed by atoms with Gasteiger partial charge >= 0.3 is 0 Å². The zero-order valence-corrected chi connectivity index (χ0v) is 24.9. The van der Waals surface area contributed by atoms with Crippen LogP contribution in [0.15, 0.2) is 53.9 Å². The lowest BCUT2D eigenvalue weighted by atomic mass is 9.97. The Kier molecular flexibility index (Phi) is 9.31. The predicted molar refractivity (Wildman–Crippen MR) is 162 cm³/mol. The van der Waals surface area contributed by atoms with Gasteiger partial charge < -0.3 is 19.4 Å². The molecule has 0 aliphatic carbocycles.